The molecule has 1 aromatic rings. The Kier molecular flexibility index (Phi) is 7.21. The highest BCUT2D eigenvalue weighted by Gasteiger charge is 2.32. The molecule has 0 spiro atoms. The standard InChI is InChI=1S/C19H28F3N3O3S/c1-18(2,3)29(26,27)11-8-24-17(23-4)25-9-10-28-16(13-25)14-6-5-7-15(12-14)19(20,21)22/h5-7,12,16H,8-11,13H2,1-4H3,(H,23,24). The largest absolute Gasteiger partial charge is 0.416 e. The third-order valence-electron chi connectivity index (χ3n) is 4.75. The molecule has 1 atom stereocenters. The molecule has 1 aromatic carbocycles. The molecule has 0 radical (unpaired) electrons. The van der Waals surface area contributed by atoms with Gasteiger partial charge < -0.3 is 15.0 Å². The minimum absolute atomic E-state index is 0.0447. The van der Waals surface area contributed by atoms with Crippen molar-refractivity contribution in [1.82, 2.24) is 10.2 Å². The van der Waals surface area contributed by atoms with Gasteiger partial charge in [0.1, 0.15) is 6.10 Å². The topological polar surface area (TPSA) is 71.0 Å². The van der Waals surface area contributed by atoms with E-state index >= 15 is 0 Å². The first kappa shape index (κ1) is 23.5. The molecule has 164 valence electrons. The zero-order valence-electron chi connectivity index (χ0n) is 17.1. The summed E-state index contributed by atoms with van der Waals surface area (Å²) >= 11 is 0. The lowest BCUT2D eigenvalue weighted by Crippen LogP contribution is -2.49. The fourth-order valence-electron chi connectivity index (χ4n) is 2.89. The summed E-state index contributed by atoms with van der Waals surface area (Å²) in [4.78, 5) is 6.04. The first-order chi connectivity index (χ1) is 13.3. The van der Waals surface area contributed by atoms with Gasteiger partial charge in [0.2, 0.25) is 0 Å². The number of ether oxygens (including phenoxy) is 1. The Hall–Kier alpha value is -1.81. The number of nitrogens with zero attached hydrogens (tertiary/aromatic N) is 2. The van der Waals surface area contributed by atoms with Crippen LogP contribution in [0.5, 0.6) is 0 Å². The lowest BCUT2D eigenvalue weighted by atomic mass is 10.0. The number of morpholine rings is 1. The van der Waals surface area contributed by atoms with Gasteiger partial charge in [0.05, 0.1) is 29.2 Å². The monoisotopic (exact) mass is 435 g/mol. The van der Waals surface area contributed by atoms with Gasteiger partial charge in [-0.15, -0.1) is 0 Å². The van der Waals surface area contributed by atoms with E-state index in [2.05, 4.69) is 10.3 Å². The minimum Gasteiger partial charge on any atom is -0.370 e. The van der Waals surface area contributed by atoms with Gasteiger partial charge >= 0.3 is 6.18 Å². The fraction of sp³-hybridized carbons (Fsp3) is 0.632. The van der Waals surface area contributed by atoms with Gasteiger partial charge in [-0.2, -0.15) is 13.2 Å². The Morgan fingerprint density at radius 1 is 1.31 bits per heavy atom. The molecule has 2 rings (SSSR count). The van der Waals surface area contributed by atoms with E-state index in [1.807, 2.05) is 4.90 Å². The number of rotatable bonds is 4. The minimum atomic E-state index is -4.42. The van der Waals surface area contributed by atoms with Crippen LogP contribution in [0.25, 0.3) is 0 Å². The van der Waals surface area contributed by atoms with Crippen molar-refractivity contribution >= 4 is 15.8 Å². The van der Waals surface area contributed by atoms with Crippen LogP contribution in [0.4, 0.5) is 13.2 Å². The number of halogens is 3. The summed E-state index contributed by atoms with van der Waals surface area (Å²) in [7, 11) is -1.69. The van der Waals surface area contributed by atoms with E-state index in [0.29, 0.717) is 31.2 Å². The maximum atomic E-state index is 13.0. The Labute approximate surface area is 170 Å². The predicted molar refractivity (Wildman–Crippen MR) is 107 cm³/mol. The van der Waals surface area contributed by atoms with E-state index in [4.69, 9.17) is 4.74 Å². The zero-order valence-corrected chi connectivity index (χ0v) is 17.9. The summed E-state index contributed by atoms with van der Waals surface area (Å²) in [5.74, 6) is 0.450. The van der Waals surface area contributed by atoms with Crippen molar-refractivity contribution in [3.63, 3.8) is 0 Å². The van der Waals surface area contributed by atoms with E-state index in [0.717, 1.165) is 12.1 Å². The number of benzene rings is 1. The summed E-state index contributed by atoms with van der Waals surface area (Å²) in [5.41, 5.74) is -0.277. The molecule has 29 heavy (non-hydrogen) atoms. The molecular weight excluding hydrogens is 407 g/mol. The van der Waals surface area contributed by atoms with Crippen molar-refractivity contribution in [3.8, 4) is 0 Å². The lowest BCUT2D eigenvalue weighted by molar-refractivity contribution is -0.137. The average Bonchev–Trinajstić information content (AvgIpc) is 2.64. The molecule has 1 saturated heterocycles. The molecule has 0 saturated carbocycles. The van der Waals surface area contributed by atoms with Crippen LogP contribution < -0.4 is 5.32 Å². The van der Waals surface area contributed by atoms with Gasteiger partial charge in [-0.25, -0.2) is 8.42 Å². The number of hydrogen-bond acceptors (Lipinski definition) is 4. The number of alkyl halides is 3. The summed E-state index contributed by atoms with van der Waals surface area (Å²) in [6, 6.07) is 5.10. The van der Waals surface area contributed by atoms with E-state index < -0.39 is 32.4 Å². The molecule has 1 N–H and O–H groups in total. The van der Waals surface area contributed by atoms with Gasteiger partial charge in [0.25, 0.3) is 0 Å². The number of hydrogen-bond donors (Lipinski definition) is 1. The molecule has 10 heteroatoms. The van der Waals surface area contributed by atoms with Crippen LogP contribution in [0.2, 0.25) is 0 Å². The lowest BCUT2D eigenvalue weighted by Gasteiger charge is -2.35. The highest BCUT2D eigenvalue weighted by atomic mass is 32.2. The average molecular weight is 436 g/mol. The second-order valence-electron chi connectivity index (χ2n) is 7.83. The molecule has 1 heterocycles. The van der Waals surface area contributed by atoms with Crippen LogP contribution in [0.1, 0.15) is 38.0 Å². The Morgan fingerprint density at radius 2 is 2.00 bits per heavy atom. The smallest absolute Gasteiger partial charge is 0.370 e. The maximum Gasteiger partial charge on any atom is 0.416 e. The van der Waals surface area contributed by atoms with Crippen molar-refractivity contribution in [2.45, 2.75) is 37.8 Å². The maximum absolute atomic E-state index is 13.0. The van der Waals surface area contributed by atoms with Crippen LogP contribution in [0.15, 0.2) is 29.3 Å². The Bertz CT molecular complexity index is 833. The normalized spacial score (nSPS) is 19.3. The van der Waals surface area contributed by atoms with Gasteiger partial charge in [-0.1, -0.05) is 12.1 Å². The second kappa shape index (κ2) is 8.91. The van der Waals surface area contributed by atoms with E-state index in [1.165, 1.54) is 6.07 Å². The first-order valence-corrected chi connectivity index (χ1v) is 11.0. The van der Waals surface area contributed by atoms with Crippen molar-refractivity contribution in [2.75, 3.05) is 39.0 Å². The molecular formula is C19H28F3N3O3S. The van der Waals surface area contributed by atoms with Crippen LogP contribution >= 0.6 is 0 Å². The van der Waals surface area contributed by atoms with Gasteiger partial charge in [0.15, 0.2) is 15.8 Å². The van der Waals surface area contributed by atoms with Crippen LogP contribution in [-0.2, 0) is 20.8 Å². The number of guanidine groups is 1. The zero-order chi connectivity index (χ0) is 21.9. The van der Waals surface area contributed by atoms with E-state index in [1.54, 1.807) is 33.9 Å². The van der Waals surface area contributed by atoms with Crippen molar-refractivity contribution in [1.29, 1.82) is 0 Å². The van der Waals surface area contributed by atoms with Crippen LogP contribution in [0, 0.1) is 0 Å². The third-order valence-corrected chi connectivity index (χ3v) is 7.36. The van der Waals surface area contributed by atoms with Crippen molar-refractivity contribution in [3.05, 3.63) is 35.4 Å². The van der Waals surface area contributed by atoms with Crippen LogP contribution in [-0.4, -0.2) is 63.1 Å². The van der Waals surface area contributed by atoms with Crippen LogP contribution in [0.3, 0.4) is 0 Å². The van der Waals surface area contributed by atoms with Crippen molar-refractivity contribution < 1.29 is 26.3 Å². The predicted octanol–water partition coefficient (Wildman–Crippen LogP) is 2.87. The molecule has 0 aliphatic carbocycles. The third kappa shape index (κ3) is 6.08. The quantitative estimate of drug-likeness (QED) is 0.582. The summed E-state index contributed by atoms with van der Waals surface area (Å²) < 4.78 is 68.3. The molecule has 1 fully saturated rings. The molecule has 1 aliphatic heterocycles. The molecule has 1 unspecified atom stereocenters. The molecule has 1 aliphatic rings. The SMILES string of the molecule is CN=C(NCCS(=O)(=O)C(C)(C)C)N1CCOC(c2cccc(C(F)(F)F)c2)C1. The molecule has 0 amide bonds. The fourth-order valence-corrected chi connectivity index (χ4v) is 3.88. The van der Waals surface area contributed by atoms with E-state index in [9.17, 15) is 21.6 Å². The number of aliphatic imine (C=N–C) groups is 1. The van der Waals surface area contributed by atoms with Gasteiger partial charge in [0, 0.05) is 20.1 Å². The second-order valence-corrected chi connectivity index (χ2v) is 10.7. The molecule has 6 nitrogen and oxygen atoms in total. The molecule has 0 aromatic heterocycles. The highest BCUT2D eigenvalue weighted by Crippen LogP contribution is 2.32. The highest BCUT2D eigenvalue weighted by molar-refractivity contribution is 7.92. The Balaban J connectivity index is 2.04. The summed E-state index contributed by atoms with van der Waals surface area (Å²) in [6.07, 6.45) is -4.96. The first-order valence-electron chi connectivity index (χ1n) is 9.32. The molecule has 0 bridgehead atoms. The Morgan fingerprint density at radius 3 is 2.59 bits per heavy atom. The van der Waals surface area contributed by atoms with E-state index in [-0.39, 0.29) is 12.3 Å². The van der Waals surface area contributed by atoms with Crippen molar-refractivity contribution in [2.24, 2.45) is 4.99 Å². The number of nitrogens with one attached hydrogen (secondary N) is 1. The van der Waals surface area contributed by atoms with Gasteiger partial charge in [-0.05, 0) is 38.5 Å². The van der Waals surface area contributed by atoms with Gasteiger partial charge in [-0.3, -0.25) is 4.99 Å². The number of sulfone groups is 1. The summed E-state index contributed by atoms with van der Waals surface area (Å²) in [6.45, 7) is 6.28. The summed E-state index contributed by atoms with van der Waals surface area (Å²) in [5, 5.41) is 3.04.